The van der Waals surface area contributed by atoms with Crippen molar-refractivity contribution < 1.29 is 9.90 Å². The second-order valence-electron chi connectivity index (χ2n) is 7.33. The molecule has 3 aromatic heterocycles. The third-order valence-corrected chi connectivity index (χ3v) is 6.57. The van der Waals surface area contributed by atoms with Crippen LogP contribution in [0.15, 0.2) is 48.7 Å². The standard InChI is InChI=1S/C21H18N2O2S2/c1-21(2,3)18-17(20(24)25)27-19(23-18)16-9-8-15(26-16)13-10-12-6-4-5-7-14(12)22-11-13/h4-11H,1-3H3,(H,24,25). The molecule has 4 aromatic rings. The van der Waals surface area contributed by atoms with Gasteiger partial charge in [-0.3, -0.25) is 4.98 Å². The molecule has 0 saturated heterocycles. The summed E-state index contributed by atoms with van der Waals surface area (Å²) in [7, 11) is 0. The molecule has 0 saturated carbocycles. The fraction of sp³-hybridized carbons (Fsp3) is 0.190. The zero-order valence-corrected chi connectivity index (χ0v) is 16.8. The van der Waals surface area contributed by atoms with Gasteiger partial charge in [-0.2, -0.15) is 0 Å². The average molecular weight is 395 g/mol. The molecule has 0 radical (unpaired) electrons. The first-order valence-electron chi connectivity index (χ1n) is 8.53. The van der Waals surface area contributed by atoms with E-state index in [2.05, 4.69) is 22.1 Å². The first kappa shape index (κ1) is 17.8. The second kappa shape index (κ2) is 6.55. The van der Waals surface area contributed by atoms with Crippen LogP contribution in [-0.2, 0) is 5.41 Å². The monoisotopic (exact) mass is 394 g/mol. The topological polar surface area (TPSA) is 63.1 Å². The lowest BCUT2D eigenvalue weighted by atomic mass is 9.91. The third-order valence-electron chi connectivity index (χ3n) is 4.22. The maximum Gasteiger partial charge on any atom is 0.347 e. The van der Waals surface area contributed by atoms with Gasteiger partial charge in [-0.15, -0.1) is 22.7 Å². The molecule has 0 aliphatic rings. The van der Waals surface area contributed by atoms with Crippen molar-refractivity contribution in [1.29, 1.82) is 0 Å². The number of hydrogen-bond acceptors (Lipinski definition) is 5. The molecular weight excluding hydrogens is 376 g/mol. The predicted molar refractivity (Wildman–Crippen MR) is 112 cm³/mol. The van der Waals surface area contributed by atoms with Crippen molar-refractivity contribution in [3.05, 3.63) is 59.2 Å². The van der Waals surface area contributed by atoms with Gasteiger partial charge in [0, 0.05) is 27.4 Å². The minimum absolute atomic E-state index is 0.315. The van der Waals surface area contributed by atoms with Gasteiger partial charge < -0.3 is 5.11 Å². The molecule has 6 heteroatoms. The van der Waals surface area contributed by atoms with Crippen molar-refractivity contribution in [1.82, 2.24) is 9.97 Å². The van der Waals surface area contributed by atoms with Crippen molar-refractivity contribution in [3.63, 3.8) is 0 Å². The molecule has 136 valence electrons. The van der Waals surface area contributed by atoms with Gasteiger partial charge in [0.1, 0.15) is 9.88 Å². The lowest BCUT2D eigenvalue weighted by Crippen LogP contribution is -2.16. The van der Waals surface area contributed by atoms with Gasteiger partial charge in [0.2, 0.25) is 0 Å². The van der Waals surface area contributed by atoms with Crippen LogP contribution in [0.1, 0.15) is 36.1 Å². The molecular formula is C21H18N2O2S2. The quantitative estimate of drug-likeness (QED) is 0.457. The van der Waals surface area contributed by atoms with Gasteiger partial charge in [0.25, 0.3) is 0 Å². The van der Waals surface area contributed by atoms with E-state index in [-0.39, 0.29) is 5.41 Å². The zero-order chi connectivity index (χ0) is 19.2. The van der Waals surface area contributed by atoms with Crippen molar-refractivity contribution in [2.24, 2.45) is 0 Å². The van der Waals surface area contributed by atoms with E-state index in [0.717, 1.165) is 31.2 Å². The molecule has 1 N–H and O–H groups in total. The number of carbonyl (C=O) groups is 1. The molecule has 0 aliphatic carbocycles. The first-order chi connectivity index (χ1) is 12.8. The SMILES string of the molecule is CC(C)(C)c1nc(-c2ccc(-c3cnc4ccccc4c3)s2)sc1C(=O)O. The van der Waals surface area contributed by atoms with Gasteiger partial charge in [-0.1, -0.05) is 39.0 Å². The highest BCUT2D eigenvalue weighted by Crippen LogP contribution is 2.40. The Kier molecular flexibility index (Phi) is 4.32. The van der Waals surface area contributed by atoms with Crippen molar-refractivity contribution in [2.45, 2.75) is 26.2 Å². The van der Waals surface area contributed by atoms with Crippen LogP contribution in [0, 0.1) is 0 Å². The summed E-state index contributed by atoms with van der Waals surface area (Å²) in [5.74, 6) is -0.917. The number of benzene rings is 1. The van der Waals surface area contributed by atoms with Crippen LogP contribution in [0.2, 0.25) is 0 Å². The van der Waals surface area contributed by atoms with Gasteiger partial charge >= 0.3 is 5.97 Å². The number of pyridine rings is 1. The number of carboxylic acid groups (broad SMARTS) is 1. The fourth-order valence-corrected chi connectivity index (χ4v) is 5.05. The van der Waals surface area contributed by atoms with Gasteiger partial charge in [-0.25, -0.2) is 9.78 Å². The maximum atomic E-state index is 11.6. The smallest absolute Gasteiger partial charge is 0.347 e. The normalized spacial score (nSPS) is 11.8. The number of aromatic nitrogens is 2. The van der Waals surface area contributed by atoms with E-state index in [9.17, 15) is 9.90 Å². The summed E-state index contributed by atoms with van der Waals surface area (Å²) in [6.07, 6.45) is 1.88. The summed E-state index contributed by atoms with van der Waals surface area (Å²) in [4.78, 5) is 23.2. The Hall–Kier alpha value is -2.57. The first-order valence-corrected chi connectivity index (χ1v) is 10.2. The van der Waals surface area contributed by atoms with Crippen molar-refractivity contribution in [3.8, 4) is 20.3 Å². The van der Waals surface area contributed by atoms with Gasteiger partial charge in [0.05, 0.1) is 16.1 Å². The number of para-hydroxylation sites is 1. The molecule has 4 rings (SSSR count). The lowest BCUT2D eigenvalue weighted by molar-refractivity contribution is 0.0699. The van der Waals surface area contributed by atoms with E-state index < -0.39 is 5.97 Å². The Balaban J connectivity index is 1.75. The Morgan fingerprint density at radius 1 is 1.04 bits per heavy atom. The highest BCUT2D eigenvalue weighted by Gasteiger charge is 2.27. The molecule has 4 nitrogen and oxygen atoms in total. The number of hydrogen-bond donors (Lipinski definition) is 1. The van der Waals surface area contributed by atoms with Crippen LogP contribution in [0.3, 0.4) is 0 Å². The summed E-state index contributed by atoms with van der Waals surface area (Å²) >= 11 is 2.85. The molecule has 0 aliphatic heterocycles. The number of aromatic carboxylic acids is 1. The largest absolute Gasteiger partial charge is 0.477 e. The Morgan fingerprint density at radius 3 is 2.48 bits per heavy atom. The van der Waals surface area contributed by atoms with E-state index >= 15 is 0 Å². The molecule has 0 amide bonds. The molecule has 1 aromatic carbocycles. The Labute approximate surface area is 165 Å². The Morgan fingerprint density at radius 2 is 1.78 bits per heavy atom. The molecule has 27 heavy (non-hydrogen) atoms. The number of nitrogens with zero attached hydrogens (tertiary/aromatic N) is 2. The fourth-order valence-electron chi connectivity index (χ4n) is 2.89. The van der Waals surface area contributed by atoms with E-state index in [4.69, 9.17) is 0 Å². The summed E-state index contributed by atoms with van der Waals surface area (Å²) in [6.45, 7) is 5.95. The molecule has 0 atom stereocenters. The van der Waals surface area contributed by atoms with E-state index in [0.29, 0.717) is 10.6 Å². The zero-order valence-electron chi connectivity index (χ0n) is 15.2. The number of fused-ring (bicyclic) bond motifs is 1. The van der Waals surface area contributed by atoms with Crippen LogP contribution in [0.5, 0.6) is 0 Å². The van der Waals surface area contributed by atoms with Gasteiger partial charge in [-0.05, 0) is 24.3 Å². The van der Waals surface area contributed by atoms with E-state index in [1.54, 1.807) is 11.3 Å². The van der Waals surface area contributed by atoms with Crippen molar-refractivity contribution >= 4 is 39.5 Å². The molecule has 0 unspecified atom stereocenters. The lowest BCUT2D eigenvalue weighted by Gasteiger charge is -2.15. The maximum absolute atomic E-state index is 11.6. The number of rotatable bonds is 3. The predicted octanol–water partition coefficient (Wildman–Crippen LogP) is 6.08. The highest BCUT2D eigenvalue weighted by molar-refractivity contribution is 7.24. The van der Waals surface area contributed by atoms with Crippen LogP contribution in [0.4, 0.5) is 0 Å². The summed E-state index contributed by atoms with van der Waals surface area (Å²) in [6, 6.07) is 14.2. The summed E-state index contributed by atoms with van der Waals surface area (Å²) in [5.41, 5.74) is 2.34. The molecule has 3 heterocycles. The van der Waals surface area contributed by atoms with Crippen molar-refractivity contribution in [2.75, 3.05) is 0 Å². The van der Waals surface area contributed by atoms with Gasteiger partial charge in [0.15, 0.2) is 0 Å². The second-order valence-corrected chi connectivity index (χ2v) is 9.42. The third kappa shape index (κ3) is 3.38. The van der Waals surface area contributed by atoms with Crippen LogP contribution >= 0.6 is 22.7 Å². The number of thiophene rings is 1. The minimum atomic E-state index is -0.917. The Bertz CT molecular complexity index is 1150. The molecule has 0 bridgehead atoms. The van der Waals surface area contributed by atoms with Crippen LogP contribution in [0.25, 0.3) is 31.2 Å². The summed E-state index contributed by atoms with van der Waals surface area (Å²) in [5, 5.41) is 11.4. The van der Waals surface area contributed by atoms with Crippen LogP contribution < -0.4 is 0 Å². The number of thiazole rings is 1. The average Bonchev–Trinajstić information content (AvgIpc) is 3.28. The van der Waals surface area contributed by atoms with E-state index in [1.165, 1.54) is 11.3 Å². The van der Waals surface area contributed by atoms with Crippen LogP contribution in [-0.4, -0.2) is 21.0 Å². The molecule has 0 spiro atoms. The summed E-state index contributed by atoms with van der Waals surface area (Å²) < 4.78 is 0. The minimum Gasteiger partial charge on any atom is -0.477 e. The van der Waals surface area contributed by atoms with E-state index in [1.807, 2.05) is 57.3 Å². The number of carboxylic acids is 1. The molecule has 0 fully saturated rings. The highest BCUT2D eigenvalue weighted by atomic mass is 32.1.